The Labute approximate surface area is 88.2 Å². The van der Waals surface area contributed by atoms with Crippen LogP contribution in [0.5, 0.6) is 0 Å². The maximum absolute atomic E-state index is 6.30. The zero-order chi connectivity index (χ0) is 10.1. The summed E-state index contributed by atoms with van der Waals surface area (Å²) in [5.41, 5.74) is 13.0. The third-order valence-corrected chi connectivity index (χ3v) is 4.76. The van der Waals surface area contributed by atoms with E-state index >= 15 is 0 Å². The van der Waals surface area contributed by atoms with Gasteiger partial charge in [-0.3, -0.25) is 0 Å². The minimum atomic E-state index is -0.335. The lowest BCUT2D eigenvalue weighted by Crippen LogP contribution is -2.45. The Morgan fingerprint density at radius 2 is 2.08 bits per heavy atom. The molecular weight excluding hydrogens is 200 g/mol. The average molecular weight is 216 g/mol. The molecule has 0 aliphatic heterocycles. The molecule has 0 aromatic rings. The molecule has 2 atom stereocenters. The Bertz CT molecular complexity index is 260. The van der Waals surface area contributed by atoms with Crippen LogP contribution in [0.15, 0.2) is 22.8 Å². The predicted octanol–water partition coefficient (Wildman–Crippen LogP) is 1.74. The van der Waals surface area contributed by atoms with Gasteiger partial charge in [-0.2, -0.15) is 0 Å². The van der Waals surface area contributed by atoms with Gasteiger partial charge >= 0.3 is 0 Å². The molecule has 0 amide bonds. The molecule has 0 aromatic carbocycles. The summed E-state index contributed by atoms with van der Waals surface area (Å²) in [7, 11) is 0. The number of rotatable bonds is 2. The second kappa shape index (κ2) is 3.98. The van der Waals surface area contributed by atoms with Gasteiger partial charge in [0.25, 0.3) is 0 Å². The van der Waals surface area contributed by atoms with Crippen LogP contribution in [0.3, 0.4) is 0 Å². The molecule has 13 heavy (non-hydrogen) atoms. The van der Waals surface area contributed by atoms with Crippen LogP contribution in [-0.2, 0) is 0 Å². The lowest BCUT2D eigenvalue weighted by Gasteiger charge is -2.37. The van der Waals surface area contributed by atoms with Gasteiger partial charge in [0.1, 0.15) is 4.87 Å². The van der Waals surface area contributed by atoms with Crippen molar-refractivity contribution in [1.82, 2.24) is 0 Å². The predicted molar refractivity (Wildman–Crippen MR) is 63.5 cm³/mol. The van der Waals surface area contributed by atoms with Crippen molar-refractivity contribution in [2.24, 2.45) is 17.4 Å². The van der Waals surface area contributed by atoms with E-state index in [1.807, 2.05) is 18.6 Å². The average Bonchev–Trinajstić information content (AvgIpc) is 2.13. The Morgan fingerprint density at radius 3 is 2.46 bits per heavy atom. The number of allylic oxidation sites excluding steroid dienone is 1. The van der Waals surface area contributed by atoms with Gasteiger partial charge in [0, 0.05) is 16.5 Å². The van der Waals surface area contributed by atoms with Gasteiger partial charge in [0.2, 0.25) is 0 Å². The zero-order valence-corrected chi connectivity index (χ0v) is 9.84. The smallest absolute Gasteiger partial charge is 0.101 e. The molecule has 2 nitrogen and oxygen atoms in total. The molecule has 0 saturated heterocycles. The highest BCUT2D eigenvalue weighted by atomic mass is 32.2. The molecule has 1 rings (SSSR count). The van der Waals surface area contributed by atoms with Gasteiger partial charge < -0.3 is 11.5 Å². The molecule has 0 bridgehead atoms. The molecule has 0 spiro atoms. The highest BCUT2D eigenvalue weighted by molar-refractivity contribution is 8.06. The van der Waals surface area contributed by atoms with E-state index in [1.165, 1.54) is 0 Å². The number of hydrogen-bond acceptors (Lipinski definition) is 4. The molecule has 1 aliphatic carbocycles. The van der Waals surface area contributed by atoms with Crippen LogP contribution in [-0.4, -0.2) is 17.4 Å². The first-order valence-corrected chi connectivity index (χ1v) is 6.57. The van der Waals surface area contributed by atoms with Crippen molar-refractivity contribution < 1.29 is 0 Å². The van der Waals surface area contributed by atoms with E-state index < -0.39 is 0 Å². The fourth-order valence-corrected chi connectivity index (χ4v) is 3.52. The third-order valence-electron chi connectivity index (χ3n) is 2.40. The van der Waals surface area contributed by atoms with Gasteiger partial charge in [-0.15, -0.1) is 23.5 Å². The first-order chi connectivity index (χ1) is 6.06. The fourth-order valence-electron chi connectivity index (χ4n) is 1.45. The van der Waals surface area contributed by atoms with Crippen LogP contribution < -0.4 is 11.5 Å². The van der Waals surface area contributed by atoms with Crippen LogP contribution in [0.2, 0.25) is 0 Å². The van der Waals surface area contributed by atoms with Gasteiger partial charge in [-0.25, -0.2) is 0 Å². The van der Waals surface area contributed by atoms with E-state index in [9.17, 15) is 0 Å². The van der Waals surface area contributed by atoms with Gasteiger partial charge in [0.05, 0.1) is 0 Å². The molecule has 4 heteroatoms. The van der Waals surface area contributed by atoms with Gasteiger partial charge in [-0.05, 0) is 18.6 Å². The monoisotopic (exact) mass is 216 g/mol. The minimum Gasteiger partial charge on any atom is -0.398 e. The maximum Gasteiger partial charge on any atom is 0.101 e. The summed E-state index contributed by atoms with van der Waals surface area (Å²) in [6, 6.07) is 0. The standard InChI is InChI=1S/C9H16N2S2/c1-6-4-5-7(10)8(12-2)9(6,11)13-3/h4-6H,10-11H2,1-3H3. The largest absolute Gasteiger partial charge is 0.398 e. The van der Waals surface area contributed by atoms with Crippen LogP contribution in [0.1, 0.15) is 6.92 Å². The van der Waals surface area contributed by atoms with E-state index in [1.54, 1.807) is 23.5 Å². The second-order valence-corrected chi connectivity index (χ2v) is 5.03. The van der Waals surface area contributed by atoms with E-state index in [0.717, 1.165) is 10.6 Å². The zero-order valence-electron chi connectivity index (χ0n) is 8.20. The number of hydrogen-bond donors (Lipinski definition) is 2. The Balaban J connectivity index is 3.12. The van der Waals surface area contributed by atoms with Crippen LogP contribution in [0.25, 0.3) is 0 Å². The van der Waals surface area contributed by atoms with Crippen LogP contribution >= 0.6 is 23.5 Å². The molecule has 0 saturated carbocycles. The Hall–Kier alpha value is -0.0600. The first-order valence-electron chi connectivity index (χ1n) is 4.12. The van der Waals surface area contributed by atoms with Crippen molar-refractivity contribution in [3.05, 3.63) is 22.8 Å². The SMILES string of the molecule is CSC1=C(N)C=CC(C)C1(N)SC. The van der Waals surface area contributed by atoms with Crippen molar-refractivity contribution in [3.8, 4) is 0 Å². The fraction of sp³-hybridized carbons (Fsp3) is 0.556. The summed E-state index contributed by atoms with van der Waals surface area (Å²) in [6.07, 6.45) is 8.08. The van der Waals surface area contributed by atoms with Gasteiger partial charge in [-0.1, -0.05) is 13.0 Å². The second-order valence-electron chi connectivity index (χ2n) is 3.13. The van der Waals surface area contributed by atoms with Crippen molar-refractivity contribution in [2.45, 2.75) is 11.8 Å². The Kier molecular flexibility index (Phi) is 3.38. The Morgan fingerprint density at radius 1 is 1.46 bits per heavy atom. The summed E-state index contributed by atoms with van der Waals surface area (Å²) in [5.74, 6) is 0.331. The quantitative estimate of drug-likeness (QED) is 0.690. The molecule has 74 valence electrons. The molecule has 0 fully saturated rings. The van der Waals surface area contributed by atoms with Gasteiger partial charge in [0.15, 0.2) is 0 Å². The number of thioether (sulfide) groups is 2. The topological polar surface area (TPSA) is 52.0 Å². The summed E-state index contributed by atoms with van der Waals surface area (Å²) in [4.78, 5) is 0.758. The maximum atomic E-state index is 6.30. The van der Waals surface area contributed by atoms with E-state index in [2.05, 4.69) is 13.0 Å². The lowest BCUT2D eigenvalue weighted by molar-refractivity contribution is 0.565. The molecule has 4 N–H and O–H groups in total. The van der Waals surface area contributed by atoms with E-state index in [-0.39, 0.29) is 4.87 Å². The normalized spacial score (nSPS) is 34.0. The third kappa shape index (κ3) is 1.75. The van der Waals surface area contributed by atoms with E-state index in [4.69, 9.17) is 11.5 Å². The van der Waals surface area contributed by atoms with Crippen LogP contribution in [0, 0.1) is 5.92 Å². The van der Waals surface area contributed by atoms with Crippen molar-refractivity contribution >= 4 is 23.5 Å². The molecule has 0 aromatic heterocycles. The summed E-state index contributed by atoms with van der Waals surface area (Å²) in [5, 5.41) is 0. The highest BCUT2D eigenvalue weighted by Crippen LogP contribution is 2.42. The summed E-state index contributed by atoms with van der Waals surface area (Å²) < 4.78 is 0. The van der Waals surface area contributed by atoms with Crippen LogP contribution in [0.4, 0.5) is 0 Å². The molecule has 0 heterocycles. The lowest BCUT2D eigenvalue weighted by atomic mass is 9.95. The van der Waals surface area contributed by atoms with Crippen molar-refractivity contribution in [3.63, 3.8) is 0 Å². The summed E-state index contributed by atoms with van der Waals surface area (Å²) in [6.45, 7) is 2.12. The highest BCUT2D eigenvalue weighted by Gasteiger charge is 2.37. The molecular formula is C9H16N2S2. The molecule has 2 unspecified atom stereocenters. The molecule has 0 radical (unpaired) electrons. The van der Waals surface area contributed by atoms with E-state index in [0.29, 0.717) is 5.92 Å². The summed E-state index contributed by atoms with van der Waals surface area (Å²) >= 11 is 3.31. The molecule has 1 aliphatic rings. The van der Waals surface area contributed by atoms with Crippen molar-refractivity contribution in [1.29, 1.82) is 0 Å². The first kappa shape index (κ1) is 11.0. The number of nitrogens with two attached hydrogens (primary N) is 2. The minimum absolute atomic E-state index is 0.331. The van der Waals surface area contributed by atoms with Crippen molar-refractivity contribution in [2.75, 3.05) is 12.5 Å².